The third-order valence-corrected chi connectivity index (χ3v) is 5.87. The van der Waals surface area contributed by atoms with Crippen LogP contribution in [0, 0.1) is 30.2 Å². The Morgan fingerprint density at radius 2 is 1.75 bits per heavy atom. The fraction of sp³-hybridized carbons (Fsp3) is 0.278. The van der Waals surface area contributed by atoms with Crippen molar-refractivity contribution >= 4 is 39.0 Å². The van der Waals surface area contributed by atoms with Crippen LogP contribution in [0.15, 0.2) is 12.4 Å². The minimum atomic E-state index is -1.66. The summed E-state index contributed by atoms with van der Waals surface area (Å²) in [5, 5.41) is 2.63. The van der Waals surface area contributed by atoms with Crippen molar-refractivity contribution in [2.75, 3.05) is 23.3 Å². The Balaban J connectivity index is 1.75. The number of hydrogen-bond donors (Lipinski definition) is 1. The summed E-state index contributed by atoms with van der Waals surface area (Å²) in [6.45, 7) is 3.35. The van der Waals surface area contributed by atoms with Crippen LogP contribution in [0.5, 0.6) is 0 Å². The summed E-state index contributed by atoms with van der Waals surface area (Å²) in [4.78, 5) is 23.9. The Morgan fingerprint density at radius 1 is 1.11 bits per heavy atom. The van der Waals surface area contributed by atoms with Crippen LogP contribution in [-0.4, -0.2) is 29.0 Å². The maximum atomic E-state index is 13.9. The van der Waals surface area contributed by atoms with E-state index in [-0.39, 0.29) is 10.9 Å². The van der Waals surface area contributed by atoms with Crippen molar-refractivity contribution in [3.05, 3.63) is 46.1 Å². The van der Waals surface area contributed by atoms with Crippen LogP contribution in [0.4, 0.5) is 29.1 Å². The summed E-state index contributed by atoms with van der Waals surface area (Å²) < 4.78 is 54.5. The Bertz CT molecular complexity index is 1070. The highest BCUT2D eigenvalue weighted by Gasteiger charge is 2.26. The van der Waals surface area contributed by atoms with Crippen molar-refractivity contribution in [3.8, 4) is 0 Å². The largest absolute Gasteiger partial charge is 0.356 e. The summed E-state index contributed by atoms with van der Waals surface area (Å²) in [6, 6.07) is 0.0862. The lowest BCUT2D eigenvalue weighted by Gasteiger charge is -2.17. The zero-order valence-corrected chi connectivity index (χ0v) is 15.5. The van der Waals surface area contributed by atoms with Crippen LogP contribution in [0.25, 0.3) is 10.2 Å². The van der Waals surface area contributed by atoms with Gasteiger partial charge in [-0.3, -0.25) is 4.79 Å². The smallest absolute Gasteiger partial charge is 0.266 e. The Labute approximate surface area is 161 Å². The first-order valence-electron chi connectivity index (χ1n) is 8.52. The molecule has 1 aliphatic rings. The van der Waals surface area contributed by atoms with E-state index in [1.165, 1.54) is 6.33 Å². The molecule has 1 aliphatic heterocycles. The number of anilines is 2. The molecule has 3 heterocycles. The first kappa shape index (κ1) is 18.6. The second kappa shape index (κ2) is 7.01. The van der Waals surface area contributed by atoms with Crippen LogP contribution in [0.1, 0.15) is 28.1 Å². The molecule has 1 N–H and O–H groups in total. The topological polar surface area (TPSA) is 58.1 Å². The molecule has 5 nitrogen and oxygen atoms in total. The van der Waals surface area contributed by atoms with E-state index in [2.05, 4.69) is 14.9 Å². The Hall–Kier alpha value is -2.75. The quantitative estimate of drug-likeness (QED) is 0.513. The number of aromatic nitrogens is 2. The number of fused-ring (bicyclic) bond motifs is 1. The van der Waals surface area contributed by atoms with Crippen molar-refractivity contribution in [1.82, 2.24) is 9.97 Å². The third kappa shape index (κ3) is 2.97. The summed E-state index contributed by atoms with van der Waals surface area (Å²) in [7, 11) is 0. The highest BCUT2D eigenvalue weighted by molar-refractivity contribution is 7.20. The molecule has 28 heavy (non-hydrogen) atoms. The van der Waals surface area contributed by atoms with Gasteiger partial charge in [-0.05, 0) is 25.3 Å². The van der Waals surface area contributed by atoms with Crippen molar-refractivity contribution < 1.29 is 22.4 Å². The van der Waals surface area contributed by atoms with Gasteiger partial charge >= 0.3 is 0 Å². The second-order valence-corrected chi connectivity index (χ2v) is 7.42. The fourth-order valence-corrected chi connectivity index (χ4v) is 4.33. The van der Waals surface area contributed by atoms with Gasteiger partial charge in [0.2, 0.25) is 0 Å². The van der Waals surface area contributed by atoms with Gasteiger partial charge in [-0.15, -0.1) is 11.3 Å². The van der Waals surface area contributed by atoms with Gasteiger partial charge in [-0.25, -0.2) is 27.5 Å². The highest BCUT2D eigenvalue weighted by atomic mass is 32.1. The number of halogens is 4. The van der Waals surface area contributed by atoms with Crippen LogP contribution >= 0.6 is 11.3 Å². The van der Waals surface area contributed by atoms with Gasteiger partial charge in [0.1, 0.15) is 22.7 Å². The van der Waals surface area contributed by atoms with Crippen molar-refractivity contribution in [2.24, 2.45) is 0 Å². The van der Waals surface area contributed by atoms with E-state index in [1.54, 1.807) is 6.92 Å². The predicted octanol–water partition coefficient (Wildman–Crippen LogP) is 4.41. The zero-order valence-electron chi connectivity index (χ0n) is 14.7. The normalized spacial score (nSPS) is 14.1. The number of nitrogens with zero attached hydrogens (tertiary/aromatic N) is 3. The maximum Gasteiger partial charge on any atom is 0.266 e. The standard InChI is InChI=1S/C18H14F4N4OS/c1-8-11-16(26-4-2-3-5-26)23-7-24-18(11)28-15(8)17(27)25-14-12(21)9(19)6-10(20)13(14)22/h6-7H,2-5H2,1H3,(H,25,27). The van der Waals surface area contributed by atoms with E-state index < -0.39 is 34.9 Å². The molecule has 0 atom stereocenters. The Morgan fingerprint density at radius 3 is 2.39 bits per heavy atom. The molecule has 10 heteroatoms. The molecule has 0 aliphatic carbocycles. The average Bonchev–Trinajstić information content (AvgIpc) is 3.32. The molecular weight excluding hydrogens is 396 g/mol. The van der Waals surface area contributed by atoms with E-state index in [1.807, 2.05) is 5.32 Å². The van der Waals surface area contributed by atoms with Crippen molar-refractivity contribution in [3.63, 3.8) is 0 Å². The lowest BCUT2D eigenvalue weighted by atomic mass is 10.2. The second-order valence-electron chi connectivity index (χ2n) is 6.43. The van der Waals surface area contributed by atoms with Gasteiger partial charge < -0.3 is 10.2 Å². The third-order valence-electron chi connectivity index (χ3n) is 4.67. The number of rotatable bonds is 3. The van der Waals surface area contributed by atoms with Crippen molar-refractivity contribution in [2.45, 2.75) is 19.8 Å². The lowest BCUT2D eigenvalue weighted by molar-refractivity contribution is 0.102. The molecule has 146 valence electrons. The van der Waals surface area contributed by atoms with Crippen LogP contribution in [0.2, 0.25) is 0 Å². The van der Waals surface area contributed by atoms with Gasteiger partial charge in [-0.1, -0.05) is 0 Å². The molecule has 2 aromatic heterocycles. The van der Waals surface area contributed by atoms with Gasteiger partial charge in [0.05, 0.1) is 10.3 Å². The number of hydrogen-bond acceptors (Lipinski definition) is 5. The molecule has 1 fully saturated rings. The molecule has 0 bridgehead atoms. The predicted molar refractivity (Wildman–Crippen MR) is 97.8 cm³/mol. The van der Waals surface area contributed by atoms with E-state index in [4.69, 9.17) is 0 Å². The monoisotopic (exact) mass is 410 g/mol. The van der Waals surface area contributed by atoms with E-state index in [0.717, 1.165) is 37.3 Å². The van der Waals surface area contributed by atoms with Crippen molar-refractivity contribution in [1.29, 1.82) is 0 Å². The van der Waals surface area contributed by atoms with Crippen LogP contribution in [-0.2, 0) is 0 Å². The van der Waals surface area contributed by atoms with E-state index in [0.29, 0.717) is 21.6 Å². The van der Waals surface area contributed by atoms with Crippen LogP contribution < -0.4 is 10.2 Å². The maximum absolute atomic E-state index is 13.9. The first-order valence-corrected chi connectivity index (χ1v) is 9.33. The molecule has 3 aromatic rings. The zero-order chi connectivity index (χ0) is 20.0. The molecule has 4 rings (SSSR count). The first-order chi connectivity index (χ1) is 13.4. The number of carbonyl (C=O) groups is 1. The van der Waals surface area contributed by atoms with Gasteiger partial charge in [0.15, 0.2) is 23.3 Å². The summed E-state index contributed by atoms with van der Waals surface area (Å²) in [5.74, 6) is -6.69. The number of carbonyl (C=O) groups excluding carboxylic acids is 1. The van der Waals surface area contributed by atoms with Gasteiger partial charge in [0.25, 0.3) is 5.91 Å². The number of aryl methyl sites for hydroxylation is 1. The summed E-state index contributed by atoms with van der Waals surface area (Å²) >= 11 is 1.02. The Kier molecular flexibility index (Phi) is 4.66. The molecular formula is C18H14F4N4OS. The minimum absolute atomic E-state index is 0.0862. The SMILES string of the molecule is Cc1c(C(=O)Nc2c(F)c(F)cc(F)c2F)sc2ncnc(N3CCCC3)c12. The molecule has 1 amide bonds. The number of amides is 1. The van der Waals surface area contributed by atoms with E-state index in [9.17, 15) is 22.4 Å². The average molecular weight is 410 g/mol. The lowest BCUT2D eigenvalue weighted by Crippen LogP contribution is -2.19. The molecule has 0 saturated carbocycles. The molecule has 0 radical (unpaired) electrons. The summed E-state index contributed by atoms with van der Waals surface area (Å²) in [5.41, 5.74) is -0.622. The molecule has 0 spiro atoms. The number of thiophene rings is 1. The van der Waals surface area contributed by atoms with Gasteiger partial charge in [0, 0.05) is 19.2 Å². The number of benzene rings is 1. The van der Waals surface area contributed by atoms with E-state index >= 15 is 0 Å². The molecule has 0 unspecified atom stereocenters. The van der Waals surface area contributed by atoms with Crippen LogP contribution in [0.3, 0.4) is 0 Å². The minimum Gasteiger partial charge on any atom is -0.356 e. The summed E-state index contributed by atoms with van der Waals surface area (Å²) in [6.07, 6.45) is 3.46. The fourth-order valence-electron chi connectivity index (χ4n) is 3.29. The highest BCUT2D eigenvalue weighted by Crippen LogP contribution is 2.36. The number of nitrogens with one attached hydrogen (secondary N) is 1. The molecule has 1 aromatic carbocycles. The molecule has 1 saturated heterocycles. The van der Waals surface area contributed by atoms with Gasteiger partial charge in [-0.2, -0.15) is 0 Å².